The fourth-order valence-corrected chi connectivity index (χ4v) is 0.983. The van der Waals surface area contributed by atoms with Crippen LogP contribution in [0.4, 0.5) is 5.82 Å². The van der Waals surface area contributed by atoms with Crippen LogP contribution in [-0.2, 0) is 0 Å². The second-order valence-corrected chi connectivity index (χ2v) is 3.64. The summed E-state index contributed by atoms with van der Waals surface area (Å²) in [7, 11) is 1.74. The van der Waals surface area contributed by atoms with Crippen molar-refractivity contribution in [2.24, 2.45) is 5.92 Å². The van der Waals surface area contributed by atoms with E-state index in [1.165, 1.54) is 6.20 Å². The van der Waals surface area contributed by atoms with Crippen molar-refractivity contribution in [1.29, 1.82) is 0 Å². The zero-order valence-electron chi connectivity index (χ0n) is 9.24. The third-order valence-corrected chi connectivity index (χ3v) is 1.79. The summed E-state index contributed by atoms with van der Waals surface area (Å²) in [4.78, 5) is 19.6. The molecule has 1 rings (SSSR count). The molecule has 0 saturated heterocycles. The van der Waals surface area contributed by atoms with Crippen molar-refractivity contribution in [2.75, 3.05) is 18.9 Å². The summed E-state index contributed by atoms with van der Waals surface area (Å²) in [6, 6.07) is 0. The van der Waals surface area contributed by atoms with Crippen molar-refractivity contribution in [1.82, 2.24) is 15.3 Å². The Balaban J connectivity index is 2.65. The Labute approximate surface area is 89.3 Å². The van der Waals surface area contributed by atoms with Gasteiger partial charge in [0.25, 0.3) is 5.91 Å². The lowest BCUT2D eigenvalue weighted by Crippen LogP contribution is -2.28. The van der Waals surface area contributed by atoms with Crippen LogP contribution in [0.25, 0.3) is 0 Å². The number of anilines is 1. The summed E-state index contributed by atoms with van der Waals surface area (Å²) < 4.78 is 0. The van der Waals surface area contributed by atoms with Crippen molar-refractivity contribution in [3.05, 3.63) is 18.1 Å². The van der Waals surface area contributed by atoms with Gasteiger partial charge in [-0.1, -0.05) is 13.8 Å². The molecule has 0 atom stereocenters. The quantitative estimate of drug-likeness (QED) is 0.771. The fourth-order valence-electron chi connectivity index (χ4n) is 0.983. The van der Waals surface area contributed by atoms with Gasteiger partial charge in [-0.2, -0.15) is 0 Å². The Hall–Kier alpha value is -1.65. The van der Waals surface area contributed by atoms with E-state index in [2.05, 4.69) is 20.6 Å². The molecule has 1 amide bonds. The van der Waals surface area contributed by atoms with Gasteiger partial charge in [-0.3, -0.25) is 9.78 Å². The van der Waals surface area contributed by atoms with Crippen LogP contribution in [0.2, 0.25) is 0 Å². The predicted octanol–water partition coefficient (Wildman–Crippen LogP) is 0.904. The Morgan fingerprint density at radius 1 is 1.47 bits per heavy atom. The van der Waals surface area contributed by atoms with Crippen LogP contribution in [0.15, 0.2) is 12.4 Å². The summed E-state index contributed by atoms with van der Waals surface area (Å²) in [5.41, 5.74) is 0.336. The van der Waals surface area contributed by atoms with Crippen LogP contribution >= 0.6 is 0 Å². The maximum Gasteiger partial charge on any atom is 0.271 e. The van der Waals surface area contributed by atoms with Gasteiger partial charge in [-0.15, -0.1) is 0 Å². The number of carbonyl (C=O) groups excluding carboxylic acids is 1. The number of nitrogens with zero attached hydrogens (tertiary/aromatic N) is 2. The molecule has 0 fully saturated rings. The van der Waals surface area contributed by atoms with E-state index >= 15 is 0 Å². The molecule has 82 valence electrons. The first-order valence-electron chi connectivity index (χ1n) is 4.91. The Kier molecular flexibility index (Phi) is 4.03. The third kappa shape index (κ3) is 3.53. The first-order valence-corrected chi connectivity index (χ1v) is 4.91. The largest absolute Gasteiger partial charge is 0.372 e. The first kappa shape index (κ1) is 11.4. The van der Waals surface area contributed by atoms with Gasteiger partial charge in [-0.05, 0) is 5.92 Å². The Bertz CT molecular complexity index is 338. The molecular formula is C10H16N4O. The number of rotatable bonds is 4. The van der Waals surface area contributed by atoms with Crippen LogP contribution in [-0.4, -0.2) is 29.5 Å². The van der Waals surface area contributed by atoms with E-state index in [0.29, 0.717) is 24.0 Å². The van der Waals surface area contributed by atoms with Crippen LogP contribution in [0.1, 0.15) is 24.3 Å². The maximum atomic E-state index is 11.6. The fraction of sp³-hybridized carbons (Fsp3) is 0.500. The van der Waals surface area contributed by atoms with Crippen molar-refractivity contribution in [2.45, 2.75) is 13.8 Å². The van der Waals surface area contributed by atoms with Gasteiger partial charge in [0.1, 0.15) is 11.5 Å². The Morgan fingerprint density at radius 3 is 2.80 bits per heavy atom. The lowest BCUT2D eigenvalue weighted by atomic mass is 10.2. The average Bonchev–Trinajstić information content (AvgIpc) is 2.26. The summed E-state index contributed by atoms with van der Waals surface area (Å²) in [5, 5.41) is 5.61. The van der Waals surface area contributed by atoms with Crippen molar-refractivity contribution in [3.8, 4) is 0 Å². The van der Waals surface area contributed by atoms with Gasteiger partial charge >= 0.3 is 0 Å². The molecular weight excluding hydrogens is 192 g/mol. The number of hydrogen-bond acceptors (Lipinski definition) is 4. The second-order valence-electron chi connectivity index (χ2n) is 3.64. The van der Waals surface area contributed by atoms with Crippen molar-refractivity contribution >= 4 is 11.7 Å². The lowest BCUT2D eigenvalue weighted by molar-refractivity contribution is 0.0943. The molecule has 5 heteroatoms. The third-order valence-electron chi connectivity index (χ3n) is 1.79. The van der Waals surface area contributed by atoms with E-state index in [0.717, 1.165) is 0 Å². The number of hydrogen-bond donors (Lipinski definition) is 2. The van der Waals surface area contributed by atoms with Crippen LogP contribution in [0, 0.1) is 5.92 Å². The molecule has 0 aliphatic carbocycles. The standard InChI is InChI=1S/C10H16N4O/c1-7(2)4-13-10(15)8-5-12-6-9(11-3)14-8/h5-7H,4H2,1-3H3,(H,11,14)(H,13,15). The molecule has 5 nitrogen and oxygen atoms in total. The van der Waals surface area contributed by atoms with Gasteiger partial charge in [0.05, 0.1) is 12.4 Å². The molecule has 1 aromatic heterocycles. The molecule has 0 radical (unpaired) electrons. The second kappa shape index (κ2) is 5.29. The lowest BCUT2D eigenvalue weighted by Gasteiger charge is -2.07. The highest BCUT2D eigenvalue weighted by Gasteiger charge is 2.08. The van der Waals surface area contributed by atoms with Crippen LogP contribution in [0.3, 0.4) is 0 Å². The average molecular weight is 208 g/mol. The highest BCUT2D eigenvalue weighted by atomic mass is 16.1. The molecule has 0 aromatic carbocycles. The number of aromatic nitrogens is 2. The number of amides is 1. The normalized spacial score (nSPS) is 10.1. The Morgan fingerprint density at radius 2 is 2.20 bits per heavy atom. The molecule has 0 unspecified atom stereocenters. The minimum atomic E-state index is -0.187. The van der Waals surface area contributed by atoms with E-state index < -0.39 is 0 Å². The first-order chi connectivity index (χ1) is 7.13. The smallest absolute Gasteiger partial charge is 0.271 e. The summed E-state index contributed by atoms with van der Waals surface area (Å²) >= 11 is 0. The van der Waals surface area contributed by atoms with Gasteiger partial charge in [0, 0.05) is 13.6 Å². The minimum Gasteiger partial charge on any atom is -0.372 e. The van der Waals surface area contributed by atoms with E-state index in [1.54, 1.807) is 13.2 Å². The molecule has 0 spiro atoms. The van der Waals surface area contributed by atoms with Crippen LogP contribution in [0.5, 0.6) is 0 Å². The molecule has 0 aliphatic rings. The van der Waals surface area contributed by atoms with Gasteiger partial charge < -0.3 is 10.6 Å². The van der Waals surface area contributed by atoms with Crippen molar-refractivity contribution in [3.63, 3.8) is 0 Å². The number of nitrogens with one attached hydrogen (secondary N) is 2. The van der Waals surface area contributed by atoms with E-state index in [4.69, 9.17) is 0 Å². The molecule has 2 N–H and O–H groups in total. The molecule has 0 aliphatic heterocycles. The molecule has 1 aromatic rings. The van der Waals surface area contributed by atoms with Crippen LogP contribution < -0.4 is 10.6 Å². The van der Waals surface area contributed by atoms with E-state index in [-0.39, 0.29) is 5.91 Å². The SMILES string of the molecule is CNc1cncc(C(=O)NCC(C)C)n1. The highest BCUT2D eigenvalue weighted by Crippen LogP contribution is 2.00. The summed E-state index contributed by atoms with van der Waals surface area (Å²) in [6.45, 7) is 4.72. The highest BCUT2D eigenvalue weighted by molar-refractivity contribution is 5.92. The molecule has 15 heavy (non-hydrogen) atoms. The van der Waals surface area contributed by atoms with Crippen molar-refractivity contribution < 1.29 is 4.79 Å². The molecule has 1 heterocycles. The van der Waals surface area contributed by atoms with Gasteiger partial charge in [0.2, 0.25) is 0 Å². The molecule has 0 saturated carbocycles. The summed E-state index contributed by atoms with van der Waals surface area (Å²) in [5.74, 6) is 0.829. The van der Waals surface area contributed by atoms with Gasteiger partial charge in [0.15, 0.2) is 0 Å². The predicted molar refractivity (Wildman–Crippen MR) is 58.7 cm³/mol. The summed E-state index contributed by atoms with van der Waals surface area (Å²) in [6.07, 6.45) is 3.02. The topological polar surface area (TPSA) is 66.9 Å². The van der Waals surface area contributed by atoms with Gasteiger partial charge in [-0.25, -0.2) is 4.98 Å². The van der Waals surface area contributed by atoms with E-state index in [1.807, 2.05) is 13.8 Å². The molecule has 0 bridgehead atoms. The monoisotopic (exact) mass is 208 g/mol. The maximum absolute atomic E-state index is 11.6. The number of carbonyl (C=O) groups is 1. The minimum absolute atomic E-state index is 0.187. The van der Waals surface area contributed by atoms with E-state index in [9.17, 15) is 4.79 Å². The zero-order valence-corrected chi connectivity index (χ0v) is 9.24. The zero-order chi connectivity index (χ0) is 11.3.